The van der Waals surface area contributed by atoms with Gasteiger partial charge in [0.15, 0.2) is 0 Å². The second-order valence-corrected chi connectivity index (χ2v) is 3.65. The standard InChI is InChI=1S/C12H16O2/c1-9(13)12(10(2)14)8-11-6-4-3-5-7-11/h3-7,9,12-13H,8H2,1-2H3/t9-,12-/m0/s1. The summed E-state index contributed by atoms with van der Waals surface area (Å²) < 4.78 is 0. The first-order valence-corrected chi connectivity index (χ1v) is 4.83. The molecule has 0 aromatic heterocycles. The van der Waals surface area contributed by atoms with E-state index in [1.165, 1.54) is 6.92 Å². The lowest BCUT2D eigenvalue weighted by molar-refractivity contribution is -0.123. The minimum atomic E-state index is -0.576. The van der Waals surface area contributed by atoms with Crippen LogP contribution < -0.4 is 0 Å². The van der Waals surface area contributed by atoms with Gasteiger partial charge in [-0.05, 0) is 25.8 Å². The number of hydrogen-bond donors (Lipinski definition) is 1. The van der Waals surface area contributed by atoms with Crippen molar-refractivity contribution in [1.82, 2.24) is 0 Å². The molecular weight excluding hydrogens is 176 g/mol. The van der Waals surface area contributed by atoms with Crippen molar-refractivity contribution < 1.29 is 9.90 Å². The maximum atomic E-state index is 11.2. The van der Waals surface area contributed by atoms with Gasteiger partial charge in [0.05, 0.1) is 6.10 Å². The number of hydrogen-bond acceptors (Lipinski definition) is 2. The summed E-state index contributed by atoms with van der Waals surface area (Å²) >= 11 is 0. The number of carbonyl (C=O) groups excluding carboxylic acids is 1. The van der Waals surface area contributed by atoms with Gasteiger partial charge in [0.25, 0.3) is 0 Å². The van der Waals surface area contributed by atoms with E-state index in [9.17, 15) is 9.90 Å². The van der Waals surface area contributed by atoms with Gasteiger partial charge in [-0.1, -0.05) is 30.3 Å². The lowest BCUT2D eigenvalue weighted by Gasteiger charge is -2.16. The number of Topliss-reactive ketones (excluding diaryl/α,β-unsaturated/α-hetero) is 1. The fraction of sp³-hybridized carbons (Fsp3) is 0.417. The highest BCUT2D eigenvalue weighted by Crippen LogP contribution is 2.13. The van der Waals surface area contributed by atoms with Crippen LogP contribution in [0.3, 0.4) is 0 Å². The summed E-state index contributed by atoms with van der Waals surface area (Å²) in [5, 5.41) is 9.42. The molecule has 0 heterocycles. The fourth-order valence-electron chi connectivity index (χ4n) is 1.52. The van der Waals surface area contributed by atoms with Crippen molar-refractivity contribution in [3.8, 4) is 0 Å². The maximum absolute atomic E-state index is 11.2. The molecule has 2 atom stereocenters. The number of carbonyl (C=O) groups is 1. The van der Waals surface area contributed by atoms with Gasteiger partial charge in [-0.3, -0.25) is 4.79 Å². The summed E-state index contributed by atoms with van der Waals surface area (Å²) in [6, 6.07) is 9.76. The van der Waals surface area contributed by atoms with Crippen molar-refractivity contribution in [2.24, 2.45) is 5.92 Å². The average molecular weight is 192 g/mol. The molecule has 0 amide bonds. The molecule has 0 saturated heterocycles. The van der Waals surface area contributed by atoms with Crippen LogP contribution in [0.4, 0.5) is 0 Å². The third kappa shape index (κ3) is 2.96. The van der Waals surface area contributed by atoms with Crippen molar-refractivity contribution in [2.45, 2.75) is 26.4 Å². The van der Waals surface area contributed by atoms with Crippen LogP contribution in [0.25, 0.3) is 0 Å². The molecule has 0 aliphatic carbocycles. The SMILES string of the molecule is CC(=O)[C@@H](Cc1ccccc1)[C@H](C)O. The Kier molecular flexibility index (Phi) is 3.84. The first kappa shape index (κ1) is 10.9. The van der Waals surface area contributed by atoms with E-state index in [1.807, 2.05) is 30.3 Å². The molecule has 1 aromatic rings. The molecule has 0 radical (unpaired) electrons. The molecule has 0 fully saturated rings. The van der Waals surface area contributed by atoms with Crippen LogP contribution in [-0.4, -0.2) is 17.0 Å². The molecule has 1 N–H and O–H groups in total. The van der Waals surface area contributed by atoms with Gasteiger partial charge >= 0.3 is 0 Å². The Bertz CT molecular complexity index is 290. The van der Waals surface area contributed by atoms with Crippen LogP contribution in [-0.2, 0) is 11.2 Å². The molecule has 0 unspecified atom stereocenters. The normalized spacial score (nSPS) is 14.8. The topological polar surface area (TPSA) is 37.3 Å². The Balaban J connectivity index is 2.70. The Morgan fingerprint density at radius 3 is 2.36 bits per heavy atom. The van der Waals surface area contributed by atoms with E-state index >= 15 is 0 Å². The van der Waals surface area contributed by atoms with Gasteiger partial charge in [0.1, 0.15) is 5.78 Å². The molecule has 0 aliphatic heterocycles. The van der Waals surface area contributed by atoms with Crippen LogP contribution in [0, 0.1) is 5.92 Å². The maximum Gasteiger partial charge on any atom is 0.135 e. The van der Waals surface area contributed by atoms with Crippen molar-refractivity contribution in [3.05, 3.63) is 35.9 Å². The molecule has 1 rings (SSSR count). The number of ketones is 1. The quantitative estimate of drug-likeness (QED) is 0.790. The van der Waals surface area contributed by atoms with E-state index in [-0.39, 0.29) is 11.7 Å². The summed E-state index contributed by atoms with van der Waals surface area (Å²) in [6.45, 7) is 3.19. The smallest absolute Gasteiger partial charge is 0.135 e. The van der Waals surface area contributed by atoms with Crippen molar-refractivity contribution in [1.29, 1.82) is 0 Å². The summed E-state index contributed by atoms with van der Waals surface area (Å²) in [7, 11) is 0. The highest BCUT2D eigenvalue weighted by Gasteiger charge is 2.19. The van der Waals surface area contributed by atoms with E-state index in [1.54, 1.807) is 6.92 Å². The first-order chi connectivity index (χ1) is 6.61. The predicted molar refractivity (Wildman–Crippen MR) is 56.0 cm³/mol. The Morgan fingerprint density at radius 1 is 1.36 bits per heavy atom. The highest BCUT2D eigenvalue weighted by atomic mass is 16.3. The van der Waals surface area contributed by atoms with E-state index in [4.69, 9.17) is 0 Å². The zero-order valence-corrected chi connectivity index (χ0v) is 8.60. The largest absolute Gasteiger partial charge is 0.393 e. The molecular formula is C12H16O2. The monoisotopic (exact) mass is 192 g/mol. The number of benzene rings is 1. The van der Waals surface area contributed by atoms with E-state index < -0.39 is 6.10 Å². The molecule has 76 valence electrons. The molecule has 1 aromatic carbocycles. The third-order valence-corrected chi connectivity index (χ3v) is 2.40. The fourth-order valence-corrected chi connectivity index (χ4v) is 1.52. The van der Waals surface area contributed by atoms with Crippen LogP contribution in [0.15, 0.2) is 30.3 Å². The van der Waals surface area contributed by atoms with Crippen molar-refractivity contribution in [3.63, 3.8) is 0 Å². The minimum Gasteiger partial charge on any atom is -0.393 e. The van der Waals surface area contributed by atoms with Crippen molar-refractivity contribution in [2.75, 3.05) is 0 Å². The molecule has 2 nitrogen and oxygen atoms in total. The lowest BCUT2D eigenvalue weighted by atomic mass is 9.92. The second kappa shape index (κ2) is 4.91. The zero-order valence-electron chi connectivity index (χ0n) is 8.60. The highest BCUT2D eigenvalue weighted by molar-refractivity contribution is 5.79. The Labute approximate surface area is 84.6 Å². The summed E-state index contributed by atoms with van der Waals surface area (Å²) in [6.07, 6.45) is 0.0427. The van der Waals surface area contributed by atoms with Gasteiger partial charge < -0.3 is 5.11 Å². The van der Waals surface area contributed by atoms with Gasteiger partial charge in [-0.2, -0.15) is 0 Å². The molecule has 0 spiro atoms. The number of aliphatic hydroxyl groups is 1. The Morgan fingerprint density at radius 2 is 1.93 bits per heavy atom. The summed E-state index contributed by atoms with van der Waals surface area (Å²) in [4.78, 5) is 11.2. The summed E-state index contributed by atoms with van der Waals surface area (Å²) in [5.41, 5.74) is 1.09. The predicted octanol–water partition coefficient (Wildman–Crippen LogP) is 1.82. The first-order valence-electron chi connectivity index (χ1n) is 4.83. The zero-order chi connectivity index (χ0) is 10.6. The molecule has 0 saturated carbocycles. The van der Waals surface area contributed by atoms with E-state index in [0.29, 0.717) is 6.42 Å². The average Bonchev–Trinajstić information content (AvgIpc) is 2.15. The molecule has 0 aliphatic rings. The van der Waals surface area contributed by atoms with Gasteiger partial charge in [0.2, 0.25) is 0 Å². The van der Waals surface area contributed by atoms with Crippen LogP contribution in [0.5, 0.6) is 0 Å². The molecule has 14 heavy (non-hydrogen) atoms. The molecule has 0 bridgehead atoms. The van der Waals surface area contributed by atoms with E-state index in [2.05, 4.69) is 0 Å². The van der Waals surface area contributed by atoms with Crippen LogP contribution >= 0.6 is 0 Å². The third-order valence-electron chi connectivity index (χ3n) is 2.40. The van der Waals surface area contributed by atoms with Crippen LogP contribution in [0.2, 0.25) is 0 Å². The van der Waals surface area contributed by atoms with E-state index in [0.717, 1.165) is 5.56 Å². The summed E-state index contributed by atoms with van der Waals surface area (Å²) in [5.74, 6) is -0.235. The second-order valence-electron chi connectivity index (χ2n) is 3.65. The van der Waals surface area contributed by atoms with Gasteiger partial charge in [-0.15, -0.1) is 0 Å². The lowest BCUT2D eigenvalue weighted by Crippen LogP contribution is -2.26. The van der Waals surface area contributed by atoms with Crippen molar-refractivity contribution >= 4 is 5.78 Å². The molecule has 2 heteroatoms. The minimum absolute atomic E-state index is 0.0452. The number of rotatable bonds is 4. The van der Waals surface area contributed by atoms with Gasteiger partial charge in [-0.25, -0.2) is 0 Å². The Hall–Kier alpha value is -1.15. The van der Waals surface area contributed by atoms with Crippen LogP contribution in [0.1, 0.15) is 19.4 Å². The number of aliphatic hydroxyl groups excluding tert-OH is 1. The van der Waals surface area contributed by atoms with Gasteiger partial charge in [0, 0.05) is 5.92 Å².